The van der Waals surface area contributed by atoms with Crippen molar-refractivity contribution >= 4 is 6.09 Å². The molecule has 3 aromatic rings. The summed E-state index contributed by atoms with van der Waals surface area (Å²) in [5.74, 6) is 0. The summed E-state index contributed by atoms with van der Waals surface area (Å²) in [6.45, 7) is 3.04. The van der Waals surface area contributed by atoms with Crippen molar-refractivity contribution in [3.05, 3.63) is 95.1 Å². The molecule has 5 heteroatoms. The van der Waals surface area contributed by atoms with Crippen molar-refractivity contribution in [2.24, 2.45) is 0 Å². The van der Waals surface area contributed by atoms with Gasteiger partial charge < -0.3 is 19.7 Å². The van der Waals surface area contributed by atoms with Gasteiger partial charge in [0.05, 0.1) is 0 Å². The van der Waals surface area contributed by atoms with Crippen molar-refractivity contribution in [2.45, 2.75) is 38.1 Å². The minimum Gasteiger partial charge on any atom is -0.436 e. The van der Waals surface area contributed by atoms with E-state index in [0.717, 1.165) is 60.4 Å². The Labute approximate surface area is 195 Å². The van der Waals surface area contributed by atoms with Gasteiger partial charge in [0.25, 0.3) is 0 Å². The van der Waals surface area contributed by atoms with E-state index in [0.29, 0.717) is 12.6 Å². The molecule has 1 heterocycles. The molecule has 0 saturated carbocycles. The highest BCUT2D eigenvalue weighted by molar-refractivity contribution is 5.79. The molecule has 5 nitrogen and oxygen atoms in total. The van der Waals surface area contributed by atoms with Crippen molar-refractivity contribution in [2.75, 3.05) is 20.3 Å². The van der Waals surface area contributed by atoms with E-state index in [1.54, 1.807) is 11.9 Å². The lowest BCUT2D eigenvalue weighted by Gasteiger charge is -2.23. The van der Waals surface area contributed by atoms with Gasteiger partial charge in [0, 0.05) is 50.5 Å². The molecule has 2 aliphatic rings. The van der Waals surface area contributed by atoms with Gasteiger partial charge in [-0.15, -0.1) is 0 Å². The summed E-state index contributed by atoms with van der Waals surface area (Å²) in [5, 5.41) is 3.61. The van der Waals surface area contributed by atoms with E-state index in [4.69, 9.17) is 9.47 Å². The summed E-state index contributed by atoms with van der Waals surface area (Å²) in [4.78, 5) is 14.6. The molecule has 0 atom stereocenters. The van der Waals surface area contributed by atoms with Crippen molar-refractivity contribution in [3.8, 4) is 11.1 Å². The van der Waals surface area contributed by atoms with Gasteiger partial charge in [-0.05, 0) is 35.1 Å². The molecule has 3 aromatic carbocycles. The van der Waals surface area contributed by atoms with Crippen LogP contribution in [0.4, 0.5) is 4.79 Å². The van der Waals surface area contributed by atoms with Gasteiger partial charge in [-0.1, -0.05) is 72.8 Å². The molecule has 0 aromatic heterocycles. The highest BCUT2D eigenvalue weighted by Gasteiger charge is 2.31. The van der Waals surface area contributed by atoms with Gasteiger partial charge in [0.1, 0.15) is 0 Å². The Morgan fingerprint density at radius 2 is 1.48 bits per heavy atom. The summed E-state index contributed by atoms with van der Waals surface area (Å²) >= 11 is 0. The summed E-state index contributed by atoms with van der Waals surface area (Å²) in [7, 11) is 1.79. The third-order valence-corrected chi connectivity index (χ3v) is 6.57. The maximum absolute atomic E-state index is 13.0. The fourth-order valence-corrected chi connectivity index (χ4v) is 4.69. The Morgan fingerprint density at radius 3 is 2.12 bits per heavy atom. The number of ether oxygens (including phenoxy) is 2. The molecule has 1 N–H and O–H groups in total. The van der Waals surface area contributed by atoms with Crippen molar-refractivity contribution in [3.63, 3.8) is 0 Å². The average molecular weight is 443 g/mol. The van der Waals surface area contributed by atoms with Crippen LogP contribution < -0.4 is 5.32 Å². The zero-order valence-electron chi connectivity index (χ0n) is 19.0. The summed E-state index contributed by atoms with van der Waals surface area (Å²) in [5.41, 5.74) is 6.69. The maximum atomic E-state index is 13.0. The minimum absolute atomic E-state index is 0.322. The maximum Gasteiger partial charge on any atom is 0.410 e. The Balaban J connectivity index is 1.19. The number of hydrogen-bond donors (Lipinski definition) is 1. The van der Waals surface area contributed by atoms with Crippen LogP contribution in [0.1, 0.15) is 41.2 Å². The van der Waals surface area contributed by atoms with Crippen molar-refractivity contribution in [1.82, 2.24) is 10.2 Å². The van der Waals surface area contributed by atoms with E-state index in [1.807, 2.05) is 36.4 Å². The standard InChI is InChI=1S/C28H30N2O3/c1-30(19-21-12-10-20(11-13-21)18-29-22-14-16-32-17-15-22)28(31)33-27-25-8-4-2-6-23(25)24-7-3-5-9-26(24)27/h2-13,22,27,29H,14-19H2,1H3. The van der Waals surface area contributed by atoms with Gasteiger partial charge in [-0.2, -0.15) is 0 Å². The zero-order valence-corrected chi connectivity index (χ0v) is 19.0. The molecule has 1 aliphatic carbocycles. The molecular weight excluding hydrogens is 412 g/mol. The minimum atomic E-state index is -0.369. The second-order valence-corrected chi connectivity index (χ2v) is 8.88. The predicted molar refractivity (Wildman–Crippen MR) is 129 cm³/mol. The van der Waals surface area contributed by atoms with E-state index >= 15 is 0 Å². The molecule has 170 valence electrons. The lowest BCUT2D eigenvalue weighted by molar-refractivity contribution is 0.0776. The molecular formula is C28H30N2O3. The van der Waals surface area contributed by atoms with Gasteiger partial charge in [-0.3, -0.25) is 0 Å². The van der Waals surface area contributed by atoms with Crippen LogP contribution in [-0.2, 0) is 22.6 Å². The van der Waals surface area contributed by atoms with E-state index in [-0.39, 0.29) is 12.2 Å². The van der Waals surface area contributed by atoms with E-state index < -0.39 is 0 Å². The third-order valence-electron chi connectivity index (χ3n) is 6.57. The third kappa shape index (κ3) is 4.80. The van der Waals surface area contributed by atoms with E-state index in [9.17, 15) is 4.79 Å². The monoisotopic (exact) mass is 442 g/mol. The molecule has 0 bridgehead atoms. The number of benzene rings is 3. The first-order valence-corrected chi connectivity index (χ1v) is 11.7. The topological polar surface area (TPSA) is 50.8 Å². The van der Waals surface area contributed by atoms with Crippen LogP contribution in [0.3, 0.4) is 0 Å². The molecule has 0 unspecified atom stereocenters. The lowest BCUT2D eigenvalue weighted by Crippen LogP contribution is -2.34. The normalized spacial score (nSPS) is 15.7. The molecule has 0 radical (unpaired) electrons. The summed E-state index contributed by atoms with van der Waals surface area (Å²) < 4.78 is 11.4. The molecule has 1 amide bonds. The first kappa shape index (κ1) is 21.7. The first-order valence-electron chi connectivity index (χ1n) is 11.7. The van der Waals surface area contributed by atoms with E-state index in [1.165, 1.54) is 5.56 Å². The first-order chi connectivity index (χ1) is 16.2. The fourth-order valence-electron chi connectivity index (χ4n) is 4.69. The number of carbonyl (C=O) groups is 1. The van der Waals surface area contributed by atoms with Crippen LogP contribution in [0, 0.1) is 0 Å². The van der Waals surface area contributed by atoms with Crippen LogP contribution in [-0.4, -0.2) is 37.3 Å². The number of carbonyl (C=O) groups excluding carboxylic acids is 1. The average Bonchev–Trinajstić information content (AvgIpc) is 3.18. The van der Waals surface area contributed by atoms with Gasteiger partial charge >= 0.3 is 6.09 Å². The largest absolute Gasteiger partial charge is 0.436 e. The van der Waals surface area contributed by atoms with Gasteiger partial charge in [0.15, 0.2) is 6.10 Å². The van der Waals surface area contributed by atoms with Crippen LogP contribution >= 0.6 is 0 Å². The molecule has 33 heavy (non-hydrogen) atoms. The molecule has 1 fully saturated rings. The van der Waals surface area contributed by atoms with Gasteiger partial charge in [0.2, 0.25) is 0 Å². The highest BCUT2D eigenvalue weighted by atomic mass is 16.6. The molecule has 1 saturated heterocycles. The number of amides is 1. The summed E-state index contributed by atoms with van der Waals surface area (Å²) in [6, 6.07) is 25.3. The quantitative estimate of drug-likeness (QED) is 0.563. The van der Waals surface area contributed by atoms with E-state index in [2.05, 4.69) is 41.7 Å². The number of rotatable bonds is 6. The Morgan fingerprint density at radius 1 is 0.909 bits per heavy atom. The predicted octanol–water partition coefficient (Wildman–Crippen LogP) is 5.29. The SMILES string of the molecule is CN(Cc1ccc(CNC2CCOCC2)cc1)C(=O)OC1c2ccccc2-c2ccccc21. The molecule has 5 rings (SSSR count). The number of nitrogens with one attached hydrogen (secondary N) is 1. The van der Waals surface area contributed by atoms with Crippen LogP contribution in [0.2, 0.25) is 0 Å². The Kier molecular flexibility index (Phi) is 6.42. The number of fused-ring (bicyclic) bond motifs is 3. The number of hydrogen-bond acceptors (Lipinski definition) is 4. The zero-order chi connectivity index (χ0) is 22.6. The second-order valence-electron chi connectivity index (χ2n) is 8.88. The number of nitrogens with zero attached hydrogens (tertiary/aromatic N) is 1. The molecule has 0 spiro atoms. The second kappa shape index (κ2) is 9.77. The fraction of sp³-hybridized carbons (Fsp3) is 0.321. The lowest BCUT2D eigenvalue weighted by atomic mass is 10.1. The van der Waals surface area contributed by atoms with Crippen LogP contribution in [0.15, 0.2) is 72.8 Å². The summed E-state index contributed by atoms with van der Waals surface area (Å²) in [6.07, 6.45) is 1.45. The van der Waals surface area contributed by atoms with Crippen molar-refractivity contribution in [1.29, 1.82) is 0 Å². The smallest absolute Gasteiger partial charge is 0.410 e. The van der Waals surface area contributed by atoms with Crippen LogP contribution in [0.5, 0.6) is 0 Å². The van der Waals surface area contributed by atoms with Crippen molar-refractivity contribution < 1.29 is 14.3 Å². The van der Waals surface area contributed by atoms with Gasteiger partial charge in [-0.25, -0.2) is 4.79 Å². The van der Waals surface area contributed by atoms with Crippen LogP contribution in [0.25, 0.3) is 11.1 Å². The molecule has 1 aliphatic heterocycles. The Bertz CT molecular complexity index is 1060. The highest BCUT2D eigenvalue weighted by Crippen LogP contribution is 2.45. The Hall–Kier alpha value is -3.15.